The van der Waals surface area contributed by atoms with Crippen molar-refractivity contribution in [1.29, 1.82) is 0 Å². The standard InChI is InChI=1S/C13H12F2N2/c1-8-2-3-9(14)6-11(8)13(16)12-5-4-10(15)7-17-12/h2-7,13H,16H2,1H3. The van der Waals surface area contributed by atoms with Crippen molar-refractivity contribution in [3.05, 3.63) is 65.0 Å². The lowest BCUT2D eigenvalue weighted by Gasteiger charge is -2.14. The number of nitrogens with zero attached hydrogens (tertiary/aromatic N) is 1. The first kappa shape index (κ1) is 11.7. The van der Waals surface area contributed by atoms with Crippen LogP contribution in [-0.4, -0.2) is 4.98 Å². The number of nitrogens with two attached hydrogens (primary N) is 1. The first-order chi connectivity index (χ1) is 8.08. The van der Waals surface area contributed by atoms with Crippen molar-refractivity contribution in [3.63, 3.8) is 0 Å². The second-order valence-electron chi connectivity index (χ2n) is 3.88. The lowest BCUT2D eigenvalue weighted by molar-refractivity contribution is 0.614. The molecule has 1 atom stereocenters. The average molecular weight is 234 g/mol. The molecule has 1 aromatic heterocycles. The number of hydrogen-bond donors (Lipinski definition) is 1. The molecule has 2 rings (SSSR count). The summed E-state index contributed by atoms with van der Waals surface area (Å²) in [5.41, 5.74) is 8.03. The third kappa shape index (κ3) is 2.47. The topological polar surface area (TPSA) is 38.9 Å². The van der Waals surface area contributed by atoms with Crippen molar-refractivity contribution in [2.75, 3.05) is 0 Å². The largest absolute Gasteiger partial charge is 0.319 e. The zero-order valence-corrected chi connectivity index (χ0v) is 9.32. The molecule has 2 N–H and O–H groups in total. The monoisotopic (exact) mass is 234 g/mol. The molecule has 0 radical (unpaired) electrons. The fourth-order valence-corrected chi connectivity index (χ4v) is 1.68. The van der Waals surface area contributed by atoms with E-state index in [1.165, 1.54) is 24.3 Å². The Morgan fingerprint density at radius 3 is 2.47 bits per heavy atom. The van der Waals surface area contributed by atoms with Gasteiger partial charge in [0, 0.05) is 0 Å². The van der Waals surface area contributed by atoms with Gasteiger partial charge in [-0.25, -0.2) is 8.78 Å². The maximum atomic E-state index is 13.2. The van der Waals surface area contributed by atoms with Crippen LogP contribution in [0.25, 0.3) is 0 Å². The molecule has 88 valence electrons. The minimum Gasteiger partial charge on any atom is -0.319 e. The van der Waals surface area contributed by atoms with E-state index in [1.54, 1.807) is 6.07 Å². The zero-order chi connectivity index (χ0) is 12.4. The molecule has 4 heteroatoms. The minimum absolute atomic E-state index is 0.344. The molecule has 2 aromatic rings. The predicted molar refractivity (Wildman–Crippen MR) is 61.4 cm³/mol. The van der Waals surface area contributed by atoms with Crippen LogP contribution in [0.1, 0.15) is 22.9 Å². The zero-order valence-electron chi connectivity index (χ0n) is 9.32. The molecule has 1 unspecified atom stereocenters. The van der Waals surface area contributed by atoms with Crippen LogP contribution in [-0.2, 0) is 0 Å². The summed E-state index contributed by atoms with van der Waals surface area (Å²) in [6.45, 7) is 1.85. The molecule has 0 aliphatic carbocycles. The van der Waals surface area contributed by atoms with E-state index >= 15 is 0 Å². The van der Waals surface area contributed by atoms with E-state index in [4.69, 9.17) is 5.73 Å². The first-order valence-electron chi connectivity index (χ1n) is 5.21. The Kier molecular flexibility index (Phi) is 3.15. The minimum atomic E-state index is -0.550. The molecule has 0 spiro atoms. The Labute approximate surface area is 98.1 Å². The molecule has 17 heavy (non-hydrogen) atoms. The molecule has 0 bridgehead atoms. The van der Waals surface area contributed by atoms with Gasteiger partial charge in [-0.1, -0.05) is 6.07 Å². The molecule has 0 saturated carbocycles. The van der Waals surface area contributed by atoms with Gasteiger partial charge >= 0.3 is 0 Å². The lowest BCUT2D eigenvalue weighted by Crippen LogP contribution is -2.15. The number of benzene rings is 1. The van der Waals surface area contributed by atoms with Crippen LogP contribution in [0.2, 0.25) is 0 Å². The summed E-state index contributed by atoms with van der Waals surface area (Å²) in [5, 5.41) is 0. The van der Waals surface area contributed by atoms with Crippen LogP contribution < -0.4 is 5.73 Å². The van der Waals surface area contributed by atoms with Gasteiger partial charge in [-0.2, -0.15) is 0 Å². The maximum absolute atomic E-state index is 13.2. The van der Waals surface area contributed by atoms with Gasteiger partial charge in [0.2, 0.25) is 0 Å². The Bertz CT molecular complexity index is 523. The summed E-state index contributed by atoms with van der Waals surface area (Å²) >= 11 is 0. The van der Waals surface area contributed by atoms with Crippen molar-refractivity contribution in [2.24, 2.45) is 5.73 Å². The molecular formula is C13H12F2N2. The van der Waals surface area contributed by atoms with Crippen LogP contribution in [0.5, 0.6) is 0 Å². The molecule has 0 fully saturated rings. The van der Waals surface area contributed by atoms with E-state index in [9.17, 15) is 8.78 Å². The second kappa shape index (κ2) is 4.59. The van der Waals surface area contributed by atoms with E-state index in [2.05, 4.69) is 4.98 Å². The Morgan fingerprint density at radius 2 is 1.82 bits per heavy atom. The van der Waals surface area contributed by atoms with E-state index in [0.717, 1.165) is 11.8 Å². The number of rotatable bonds is 2. The predicted octanol–water partition coefficient (Wildman–Crippen LogP) is 2.72. The lowest BCUT2D eigenvalue weighted by atomic mass is 9.99. The van der Waals surface area contributed by atoms with Gasteiger partial charge in [-0.3, -0.25) is 4.98 Å². The van der Waals surface area contributed by atoms with E-state index in [1.807, 2.05) is 6.92 Å². The number of pyridine rings is 1. The molecule has 0 aliphatic heterocycles. The number of aryl methyl sites for hydroxylation is 1. The summed E-state index contributed by atoms with van der Waals surface area (Å²) in [7, 11) is 0. The van der Waals surface area contributed by atoms with Gasteiger partial charge in [0.1, 0.15) is 11.6 Å². The van der Waals surface area contributed by atoms with Gasteiger partial charge in [0.15, 0.2) is 0 Å². The summed E-state index contributed by atoms with van der Waals surface area (Å²) in [6, 6.07) is 6.66. The maximum Gasteiger partial charge on any atom is 0.141 e. The second-order valence-corrected chi connectivity index (χ2v) is 3.88. The number of halogens is 2. The van der Waals surface area contributed by atoms with Gasteiger partial charge in [0.25, 0.3) is 0 Å². The van der Waals surface area contributed by atoms with Gasteiger partial charge < -0.3 is 5.73 Å². The van der Waals surface area contributed by atoms with Gasteiger partial charge in [0.05, 0.1) is 17.9 Å². The summed E-state index contributed by atoms with van der Waals surface area (Å²) < 4.78 is 25.9. The Hall–Kier alpha value is -1.81. The van der Waals surface area contributed by atoms with Crippen molar-refractivity contribution >= 4 is 0 Å². The molecule has 0 amide bonds. The van der Waals surface area contributed by atoms with Crippen LogP contribution in [0.15, 0.2) is 36.5 Å². The third-order valence-corrected chi connectivity index (χ3v) is 2.65. The van der Waals surface area contributed by atoms with E-state index < -0.39 is 11.9 Å². The molecule has 0 saturated heterocycles. The molecule has 2 nitrogen and oxygen atoms in total. The number of hydrogen-bond acceptors (Lipinski definition) is 2. The highest BCUT2D eigenvalue weighted by atomic mass is 19.1. The molecular weight excluding hydrogens is 222 g/mol. The number of aromatic nitrogens is 1. The van der Waals surface area contributed by atoms with Crippen LogP contribution in [0.3, 0.4) is 0 Å². The van der Waals surface area contributed by atoms with Crippen molar-refractivity contribution in [3.8, 4) is 0 Å². The van der Waals surface area contributed by atoms with Crippen LogP contribution in [0, 0.1) is 18.6 Å². The summed E-state index contributed by atoms with van der Waals surface area (Å²) in [6.07, 6.45) is 1.10. The normalized spacial score (nSPS) is 12.5. The SMILES string of the molecule is Cc1ccc(F)cc1C(N)c1ccc(F)cn1. The third-order valence-electron chi connectivity index (χ3n) is 2.65. The highest BCUT2D eigenvalue weighted by Gasteiger charge is 2.13. The van der Waals surface area contributed by atoms with Crippen LogP contribution >= 0.6 is 0 Å². The quantitative estimate of drug-likeness (QED) is 0.867. The highest BCUT2D eigenvalue weighted by molar-refractivity contribution is 5.34. The Balaban J connectivity index is 2.39. The summed E-state index contributed by atoms with van der Waals surface area (Å²) in [5.74, 6) is -0.764. The first-order valence-corrected chi connectivity index (χ1v) is 5.21. The fourth-order valence-electron chi connectivity index (χ4n) is 1.68. The highest BCUT2D eigenvalue weighted by Crippen LogP contribution is 2.22. The van der Waals surface area contributed by atoms with E-state index in [0.29, 0.717) is 11.3 Å². The Morgan fingerprint density at radius 1 is 1.12 bits per heavy atom. The summed E-state index contributed by atoms with van der Waals surface area (Å²) in [4.78, 5) is 3.90. The van der Waals surface area contributed by atoms with Crippen molar-refractivity contribution < 1.29 is 8.78 Å². The van der Waals surface area contributed by atoms with Crippen molar-refractivity contribution in [1.82, 2.24) is 4.98 Å². The smallest absolute Gasteiger partial charge is 0.141 e. The van der Waals surface area contributed by atoms with Crippen molar-refractivity contribution in [2.45, 2.75) is 13.0 Å². The average Bonchev–Trinajstić information content (AvgIpc) is 2.32. The molecule has 1 heterocycles. The van der Waals surface area contributed by atoms with E-state index in [-0.39, 0.29) is 5.82 Å². The fraction of sp³-hybridized carbons (Fsp3) is 0.154. The van der Waals surface area contributed by atoms with Crippen LogP contribution in [0.4, 0.5) is 8.78 Å². The van der Waals surface area contributed by atoms with Gasteiger partial charge in [-0.15, -0.1) is 0 Å². The molecule has 0 aliphatic rings. The molecule has 1 aromatic carbocycles. The van der Waals surface area contributed by atoms with Gasteiger partial charge in [-0.05, 0) is 42.3 Å².